The van der Waals surface area contributed by atoms with E-state index >= 15 is 0 Å². The van der Waals surface area contributed by atoms with E-state index in [-0.39, 0.29) is 0 Å². The fourth-order valence-electron chi connectivity index (χ4n) is 1.36. The highest BCUT2D eigenvalue weighted by molar-refractivity contribution is 4.96. The lowest BCUT2D eigenvalue weighted by molar-refractivity contribution is 0.282. The second-order valence-electron chi connectivity index (χ2n) is 3.33. The lowest BCUT2D eigenvalue weighted by Crippen LogP contribution is -2.01. The summed E-state index contributed by atoms with van der Waals surface area (Å²) in [5.74, 6) is 0. The number of unbranched alkanes of at least 4 members (excludes halogenated alkanes) is 3. The second-order valence-corrected chi connectivity index (χ2v) is 3.33. The molecule has 0 aromatic carbocycles. The molecule has 0 aliphatic heterocycles. The van der Waals surface area contributed by atoms with Crippen LogP contribution in [0.2, 0.25) is 0 Å². The topological polar surface area (TPSA) is 38.0 Å². The van der Waals surface area contributed by atoms with Crippen molar-refractivity contribution >= 4 is 0 Å². The number of hydrogen-bond acceptors (Lipinski definition) is 2. The van der Waals surface area contributed by atoms with Gasteiger partial charge in [0.15, 0.2) is 0 Å². The second kappa shape index (κ2) is 5.75. The summed E-state index contributed by atoms with van der Waals surface area (Å²) in [4.78, 5) is 0. The number of hydrogen-bond donors (Lipinski definition) is 1. The van der Waals surface area contributed by atoms with E-state index in [2.05, 4.69) is 12.0 Å². The Kier molecular flexibility index (Phi) is 4.54. The first-order chi connectivity index (χ1) is 6.34. The smallest absolute Gasteiger partial charge is 0.0492 e. The summed E-state index contributed by atoms with van der Waals surface area (Å²) in [6.45, 7) is 3.39. The highest BCUT2D eigenvalue weighted by Gasteiger charge is 1.95. The fraction of sp³-hybridized carbons (Fsp3) is 0.700. The minimum atomic E-state index is 0.320. The van der Waals surface area contributed by atoms with Crippen molar-refractivity contribution in [2.45, 2.75) is 39.2 Å². The van der Waals surface area contributed by atoms with Gasteiger partial charge in [0.2, 0.25) is 0 Å². The number of aryl methyl sites for hydroxylation is 2. The molecule has 3 heteroatoms. The first-order valence-electron chi connectivity index (χ1n) is 4.94. The quantitative estimate of drug-likeness (QED) is 0.680. The molecule has 1 aromatic rings. The molecule has 0 radical (unpaired) electrons. The molecule has 0 aliphatic rings. The molecule has 1 aromatic heterocycles. The summed E-state index contributed by atoms with van der Waals surface area (Å²) in [6.07, 6.45) is 6.22. The van der Waals surface area contributed by atoms with Crippen molar-refractivity contribution in [3.05, 3.63) is 18.0 Å². The molecule has 0 saturated heterocycles. The lowest BCUT2D eigenvalue weighted by atomic mass is 10.2. The molecule has 0 unspecified atom stereocenters. The van der Waals surface area contributed by atoms with Crippen molar-refractivity contribution in [2.75, 3.05) is 6.61 Å². The summed E-state index contributed by atoms with van der Waals surface area (Å²) in [5.41, 5.74) is 1.22. The zero-order valence-electron chi connectivity index (χ0n) is 8.24. The minimum absolute atomic E-state index is 0.320. The van der Waals surface area contributed by atoms with Crippen LogP contribution in [0.1, 0.15) is 31.4 Å². The maximum atomic E-state index is 8.58. The van der Waals surface area contributed by atoms with Gasteiger partial charge in [-0.1, -0.05) is 12.8 Å². The SMILES string of the molecule is Cc1ccnn1CCCCCCO. The van der Waals surface area contributed by atoms with Crippen LogP contribution in [0, 0.1) is 6.92 Å². The molecule has 0 spiro atoms. The largest absolute Gasteiger partial charge is 0.396 e. The Bertz CT molecular complexity index is 233. The number of rotatable bonds is 6. The summed E-state index contributed by atoms with van der Waals surface area (Å²) in [6, 6.07) is 2.02. The third kappa shape index (κ3) is 3.59. The Morgan fingerprint density at radius 2 is 2.08 bits per heavy atom. The summed E-state index contributed by atoms with van der Waals surface area (Å²) in [5, 5.41) is 12.8. The van der Waals surface area contributed by atoms with Crippen LogP contribution in [0.15, 0.2) is 12.3 Å². The maximum Gasteiger partial charge on any atom is 0.0492 e. The highest BCUT2D eigenvalue weighted by Crippen LogP contribution is 2.03. The van der Waals surface area contributed by atoms with Crippen molar-refractivity contribution in [3.63, 3.8) is 0 Å². The summed E-state index contributed by atoms with van der Waals surface area (Å²) in [7, 11) is 0. The monoisotopic (exact) mass is 182 g/mol. The fourth-order valence-corrected chi connectivity index (χ4v) is 1.36. The van der Waals surface area contributed by atoms with Crippen LogP contribution in [0.4, 0.5) is 0 Å². The van der Waals surface area contributed by atoms with Gasteiger partial charge in [-0.3, -0.25) is 4.68 Å². The van der Waals surface area contributed by atoms with Gasteiger partial charge in [-0.2, -0.15) is 5.10 Å². The van der Waals surface area contributed by atoms with E-state index in [4.69, 9.17) is 5.11 Å². The summed E-state index contributed by atoms with van der Waals surface area (Å²) >= 11 is 0. The van der Waals surface area contributed by atoms with Crippen molar-refractivity contribution in [1.82, 2.24) is 9.78 Å². The van der Waals surface area contributed by atoms with Crippen LogP contribution >= 0.6 is 0 Å². The van der Waals surface area contributed by atoms with Gasteiger partial charge < -0.3 is 5.11 Å². The Hall–Kier alpha value is -0.830. The van der Waals surface area contributed by atoms with Gasteiger partial charge in [-0.15, -0.1) is 0 Å². The molecule has 0 amide bonds. The van der Waals surface area contributed by atoms with E-state index in [1.54, 1.807) is 0 Å². The van der Waals surface area contributed by atoms with Crippen molar-refractivity contribution < 1.29 is 5.11 Å². The van der Waals surface area contributed by atoms with Gasteiger partial charge in [0.05, 0.1) is 0 Å². The molecular formula is C10H18N2O. The Morgan fingerprint density at radius 3 is 2.69 bits per heavy atom. The van der Waals surface area contributed by atoms with Crippen molar-refractivity contribution in [2.24, 2.45) is 0 Å². The molecular weight excluding hydrogens is 164 g/mol. The van der Waals surface area contributed by atoms with Gasteiger partial charge in [0.1, 0.15) is 0 Å². The van der Waals surface area contributed by atoms with E-state index in [9.17, 15) is 0 Å². The maximum absolute atomic E-state index is 8.58. The van der Waals surface area contributed by atoms with E-state index in [1.807, 2.05) is 16.9 Å². The Balaban J connectivity index is 2.10. The normalized spacial score (nSPS) is 10.6. The zero-order chi connectivity index (χ0) is 9.52. The molecule has 1 N–H and O–H groups in total. The van der Waals surface area contributed by atoms with Gasteiger partial charge in [0, 0.05) is 25.0 Å². The molecule has 74 valence electrons. The van der Waals surface area contributed by atoms with E-state index in [0.717, 1.165) is 25.8 Å². The number of aromatic nitrogens is 2. The van der Waals surface area contributed by atoms with E-state index in [0.29, 0.717) is 6.61 Å². The molecule has 1 rings (SSSR count). The van der Waals surface area contributed by atoms with Gasteiger partial charge in [-0.25, -0.2) is 0 Å². The third-order valence-electron chi connectivity index (χ3n) is 2.21. The van der Waals surface area contributed by atoms with Crippen LogP contribution < -0.4 is 0 Å². The number of nitrogens with zero attached hydrogens (tertiary/aromatic N) is 2. The van der Waals surface area contributed by atoms with Crippen LogP contribution in [0.5, 0.6) is 0 Å². The van der Waals surface area contributed by atoms with E-state index < -0.39 is 0 Å². The Labute approximate surface area is 79.4 Å². The lowest BCUT2D eigenvalue weighted by Gasteiger charge is -2.03. The van der Waals surface area contributed by atoms with Crippen LogP contribution in [0.3, 0.4) is 0 Å². The highest BCUT2D eigenvalue weighted by atomic mass is 16.2. The molecule has 0 fully saturated rings. The predicted octanol–water partition coefficient (Wildman–Crippen LogP) is 1.74. The van der Waals surface area contributed by atoms with Crippen molar-refractivity contribution in [1.29, 1.82) is 0 Å². The van der Waals surface area contributed by atoms with Crippen LogP contribution in [0.25, 0.3) is 0 Å². The minimum Gasteiger partial charge on any atom is -0.396 e. The predicted molar refractivity (Wildman–Crippen MR) is 52.5 cm³/mol. The van der Waals surface area contributed by atoms with Gasteiger partial charge >= 0.3 is 0 Å². The molecule has 3 nitrogen and oxygen atoms in total. The molecule has 1 heterocycles. The third-order valence-corrected chi connectivity index (χ3v) is 2.21. The van der Waals surface area contributed by atoms with Crippen LogP contribution in [-0.4, -0.2) is 21.5 Å². The molecule has 0 atom stereocenters. The van der Waals surface area contributed by atoms with Gasteiger partial charge in [0.25, 0.3) is 0 Å². The molecule has 0 aliphatic carbocycles. The molecule has 13 heavy (non-hydrogen) atoms. The average molecular weight is 182 g/mol. The van der Waals surface area contributed by atoms with Gasteiger partial charge in [-0.05, 0) is 25.8 Å². The summed E-state index contributed by atoms with van der Waals surface area (Å²) < 4.78 is 2.03. The van der Waals surface area contributed by atoms with Crippen LogP contribution in [-0.2, 0) is 6.54 Å². The molecule has 0 bridgehead atoms. The standard InChI is InChI=1S/C10H18N2O/c1-10-6-7-11-12(10)8-4-2-3-5-9-13/h6-7,13H,2-5,8-9H2,1H3. The zero-order valence-corrected chi connectivity index (χ0v) is 8.24. The molecule has 0 saturated carbocycles. The number of aliphatic hydroxyl groups is 1. The first-order valence-corrected chi connectivity index (χ1v) is 4.94. The number of aliphatic hydroxyl groups excluding tert-OH is 1. The van der Waals surface area contributed by atoms with E-state index in [1.165, 1.54) is 12.1 Å². The average Bonchev–Trinajstić information content (AvgIpc) is 2.52. The van der Waals surface area contributed by atoms with Crippen molar-refractivity contribution in [3.8, 4) is 0 Å². The first kappa shape index (κ1) is 10.3. The Morgan fingerprint density at radius 1 is 1.31 bits per heavy atom.